The van der Waals surface area contributed by atoms with Crippen molar-refractivity contribution in [1.82, 2.24) is 0 Å². The predicted molar refractivity (Wildman–Crippen MR) is 102 cm³/mol. The molecular formula is C18H19N3O5S. The number of benzene rings is 2. The number of fused-ring (bicyclic) bond motifs is 1. The van der Waals surface area contributed by atoms with E-state index in [9.17, 15) is 18.0 Å². The molecular weight excluding hydrogens is 370 g/mol. The Kier molecular flexibility index (Phi) is 5.04. The first-order valence-electron chi connectivity index (χ1n) is 8.16. The van der Waals surface area contributed by atoms with Crippen LogP contribution >= 0.6 is 0 Å². The second-order valence-corrected chi connectivity index (χ2v) is 8.02. The second-order valence-electron chi connectivity index (χ2n) is 6.12. The van der Waals surface area contributed by atoms with Gasteiger partial charge >= 0.3 is 0 Å². The van der Waals surface area contributed by atoms with Crippen LogP contribution < -0.4 is 19.7 Å². The van der Waals surface area contributed by atoms with Gasteiger partial charge in [-0.2, -0.15) is 0 Å². The highest BCUT2D eigenvalue weighted by atomic mass is 32.2. The van der Waals surface area contributed by atoms with Crippen molar-refractivity contribution >= 4 is 38.9 Å². The summed E-state index contributed by atoms with van der Waals surface area (Å²) in [6.07, 6.45) is 0.0924. The summed E-state index contributed by atoms with van der Waals surface area (Å²) in [5.74, 6) is -0.331. The second kappa shape index (κ2) is 7.28. The van der Waals surface area contributed by atoms with Gasteiger partial charge in [-0.3, -0.25) is 13.9 Å². The molecule has 142 valence electrons. The summed E-state index contributed by atoms with van der Waals surface area (Å²) in [6, 6.07) is 13.2. The van der Waals surface area contributed by atoms with E-state index in [4.69, 9.17) is 4.74 Å². The monoisotopic (exact) mass is 389 g/mol. The molecule has 0 saturated heterocycles. The molecule has 1 atom stereocenters. The number of hydrogen-bond donors (Lipinski definition) is 2. The van der Waals surface area contributed by atoms with Crippen LogP contribution in [-0.2, 0) is 19.6 Å². The summed E-state index contributed by atoms with van der Waals surface area (Å²) in [4.78, 5) is 23.6. The largest absolute Gasteiger partial charge is 0.476 e. The fraction of sp³-hybridized carbons (Fsp3) is 0.222. The summed E-state index contributed by atoms with van der Waals surface area (Å²) < 4.78 is 31.1. The lowest BCUT2D eigenvalue weighted by atomic mass is 10.2. The molecule has 1 aliphatic heterocycles. The molecule has 0 radical (unpaired) electrons. The van der Waals surface area contributed by atoms with Gasteiger partial charge in [-0.15, -0.1) is 0 Å². The molecule has 1 heterocycles. The van der Waals surface area contributed by atoms with E-state index in [1.54, 1.807) is 48.5 Å². The molecule has 8 nitrogen and oxygen atoms in total. The number of sulfonamides is 1. The summed E-state index contributed by atoms with van der Waals surface area (Å²) in [5, 5.41) is 5.33. The molecule has 0 saturated carbocycles. The van der Waals surface area contributed by atoms with Crippen LogP contribution in [0.2, 0.25) is 0 Å². The van der Waals surface area contributed by atoms with Gasteiger partial charge in [0.2, 0.25) is 15.9 Å². The van der Waals surface area contributed by atoms with E-state index in [1.807, 2.05) is 0 Å². The van der Waals surface area contributed by atoms with Gasteiger partial charge in [-0.1, -0.05) is 12.1 Å². The third-order valence-electron chi connectivity index (χ3n) is 3.90. The van der Waals surface area contributed by atoms with Gasteiger partial charge in [-0.25, -0.2) is 8.42 Å². The third-order valence-corrected chi connectivity index (χ3v) is 5.05. The molecule has 2 amide bonds. The Morgan fingerprint density at radius 1 is 1.04 bits per heavy atom. The maximum Gasteiger partial charge on any atom is 0.267 e. The Labute approximate surface area is 157 Å². The zero-order valence-electron chi connectivity index (χ0n) is 14.8. The van der Waals surface area contributed by atoms with Crippen molar-refractivity contribution in [3.05, 3.63) is 48.5 Å². The molecule has 27 heavy (non-hydrogen) atoms. The van der Waals surface area contributed by atoms with Gasteiger partial charge in [0, 0.05) is 18.3 Å². The highest BCUT2D eigenvalue weighted by Gasteiger charge is 2.34. The minimum Gasteiger partial charge on any atom is -0.476 e. The van der Waals surface area contributed by atoms with Crippen LogP contribution in [0.1, 0.15) is 6.92 Å². The van der Waals surface area contributed by atoms with Gasteiger partial charge in [-0.05, 0) is 36.4 Å². The number of rotatable bonds is 4. The number of para-hydroxylation sites is 2. The molecule has 2 aromatic rings. The Hall–Kier alpha value is -3.07. The van der Waals surface area contributed by atoms with Crippen LogP contribution in [0.25, 0.3) is 0 Å². The van der Waals surface area contributed by atoms with Crippen LogP contribution in [0.15, 0.2) is 48.5 Å². The number of amides is 2. The number of carbonyl (C=O) groups excluding carboxylic acids is 2. The summed E-state index contributed by atoms with van der Waals surface area (Å²) >= 11 is 0. The minimum atomic E-state index is -3.56. The van der Waals surface area contributed by atoms with E-state index in [-0.39, 0.29) is 12.5 Å². The van der Waals surface area contributed by atoms with Crippen molar-refractivity contribution < 1.29 is 22.7 Å². The van der Waals surface area contributed by atoms with Crippen LogP contribution in [0, 0.1) is 0 Å². The lowest BCUT2D eigenvalue weighted by molar-refractivity contribution is -0.122. The van der Waals surface area contributed by atoms with Crippen molar-refractivity contribution in [2.24, 2.45) is 0 Å². The van der Waals surface area contributed by atoms with Gasteiger partial charge in [0.05, 0.1) is 18.5 Å². The minimum absolute atomic E-state index is 0.119. The molecule has 2 N–H and O–H groups in total. The lowest BCUT2D eigenvalue weighted by Gasteiger charge is -2.33. The molecule has 9 heteroatoms. The molecule has 0 fully saturated rings. The van der Waals surface area contributed by atoms with Crippen LogP contribution in [0.3, 0.4) is 0 Å². The highest BCUT2D eigenvalue weighted by Crippen LogP contribution is 2.34. The summed E-state index contributed by atoms with van der Waals surface area (Å²) in [7, 11) is -3.56. The molecule has 3 rings (SSSR count). The topological polar surface area (TPSA) is 105 Å². The summed E-state index contributed by atoms with van der Waals surface area (Å²) in [5.41, 5.74) is 1.51. The van der Waals surface area contributed by atoms with E-state index < -0.39 is 22.0 Å². The Bertz CT molecular complexity index is 973. The molecule has 2 aromatic carbocycles. The van der Waals surface area contributed by atoms with Crippen LogP contribution in [0.5, 0.6) is 5.75 Å². The van der Waals surface area contributed by atoms with Crippen molar-refractivity contribution in [1.29, 1.82) is 0 Å². The lowest BCUT2D eigenvalue weighted by Crippen LogP contribution is -2.48. The standard InChI is InChI=1S/C18H19N3O5S/c1-12(22)19-13-7-9-14(10-8-13)20-18(23)17-11-21(27(2,24)25)15-5-3-4-6-16(15)26-17/h3-10,17H,11H2,1-2H3,(H,19,22)(H,20,23). The van der Waals surface area contributed by atoms with Gasteiger partial charge in [0.25, 0.3) is 5.91 Å². The quantitative estimate of drug-likeness (QED) is 0.830. The Balaban J connectivity index is 1.76. The van der Waals surface area contributed by atoms with Gasteiger partial charge in [0.15, 0.2) is 6.10 Å². The SMILES string of the molecule is CC(=O)Nc1ccc(NC(=O)C2CN(S(C)(=O)=O)c3ccccc3O2)cc1. The number of nitrogens with zero attached hydrogens (tertiary/aromatic N) is 1. The molecule has 1 aliphatic rings. The normalized spacial score (nSPS) is 16.1. The fourth-order valence-electron chi connectivity index (χ4n) is 2.72. The van der Waals surface area contributed by atoms with Gasteiger partial charge < -0.3 is 15.4 Å². The van der Waals surface area contributed by atoms with Crippen LogP contribution in [-0.4, -0.2) is 39.1 Å². The maximum absolute atomic E-state index is 12.6. The number of ether oxygens (including phenoxy) is 1. The van der Waals surface area contributed by atoms with E-state index in [0.717, 1.165) is 10.6 Å². The summed E-state index contributed by atoms with van der Waals surface area (Å²) in [6.45, 7) is 1.28. The molecule has 1 unspecified atom stereocenters. The fourth-order valence-corrected chi connectivity index (χ4v) is 3.63. The molecule has 0 aromatic heterocycles. The third kappa shape index (κ3) is 4.37. The molecule has 0 spiro atoms. The van der Waals surface area contributed by atoms with Gasteiger partial charge in [0.1, 0.15) is 5.75 Å². The van der Waals surface area contributed by atoms with Crippen molar-refractivity contribution in [2.45, 2.75) is 13.0 Å². The average Bonchev–Trinajstić information content (AvgIpc) is 2.61. The zero-order valence-corrected chi connectivity index (χ0v) is 15.6. The predicted octanol–water partition coefficient (Wildman–Crippen LogP) is 1.81. The van der Waals surface area contributed by atoms with Crippen LogP contribution in [0.4, 0.5) is 17.1 Å². The Morgan fingerprint density at radius 3 is 2.22 bits per heavy atom. The van der Waals surface area contributed by atoms with Crippen molar-refractivity contribution in [2.75, 3.05) is 27.7 Å². The Morgan fingerprint density at radius 2 is 1.63 bits per heavy atom. The maximum atomic E-state index is 12.6. The van der Waals surface area contributed by atoms with E-state index in [2.05, 4.69) is 10.6 Å². The number of hydrogen-bond acceptors (Lipinski definition) is 5. The average molecular weight is 389 g/mol. The smallest absolute Gasteiger partial charge is 0.267 e. The van der Waals surface area contributed by atoms with Crippen molar-refractivity contribution in [3.63, 3.8) is 0 Å². The first-order chi connectivity index (χ1) is 12.7. The van der Waals surface area contributed by atoms with E-state index in [0.29, 0.717) is 22.8 Å². The molecule has 0 aliphatic carbocycles. The zero-order chi connectivity index (χ0) is 19.6. The van der Waals surface area contributed by atoms with E-state index >= 15 is 0 Å². The first-order valence-corrected chi connectivity index (χ1v) is 10.0. The highest BCUT2D eigenvalue weighted by molar-refractivity contribution is 7.92. The number of anilines is 3. The number of nitrogens with one attached hydrogen (secondary N) is 2. The first kappa shape index (κ1) is 18.7. The van der Waals surface area contributed by atoms with E-state index in [1.165, 1.54) is 6.92 Å². The number of carbonyl (C=O) groups is 2. The molecule has 0 bridgehead atoms. The van der Waals surface area contributed by atoms with Crippen molar-refractivity contribution in [3.8, 4) is 5.75 Å².